The van der Waals surface area contributed by atoms with Gasteiger partial charge in [-0.25, -0.2) is 12.7 Å². The van der Waals surface area contributed by atoms with Crippen LogP contribution in [0.5, 0.6) is 0 Å². The molecular weight excluding hydrogens is 178 g/mol. The number of ether oxygens (including phenoxy) is 1. The molecule has 5 heteroatoms. The van der Waals surface area contributed by atoms with Crippen LogP contribution in [0.3, 0.4) is 0 Å². The molecule has 1 rings (SSSR count). The van der Waals surface area contributed by atoms with Crippen molar-refractivity contribution in [1.29, 1.82) is 0 Å². The molecule has 4 nitrogen and oxygen atoms in total. The maximum Gasteiger partial charge on any atom is 0.211 e. The van der Waals surface area contributed by atoms with Gasteiger partial charge in [0.05, 0.1) is 12.4 Å². The summed E-state index contributed by atoms with van der Waals surface area (Å²) in [5, 5.41) is 0. The lowest BCUT2D eigenvalue weighted by molar-refractivity contribution is 0.0980. The van der Waals surface area contributed by atoms with Gasteiger partial charge < -0.3 is 4.74 Å². The standard InChI is InChI=1S/C7H15NO3S/c1-8(12(2,9)10)6-7-4-3-5-11-7/h7H,3-6H2,1-2H3. The SMILES string of the molecule is CN(CC1CCCO1)S(C)(=O)=O. The molecule has 0 aromatic rings. The number of sulfonamides is 1. The van der Waals surface area contributed by atoms with Gasteiger partial charge in [-0.1, -0.05) is 0 Å². The first-order chi connectivity index (χ1) is 5.50. The van der Waals surface area contributed by atoms with Gasteiger partial charge in [-0.05, 0) is 12.8 Å². The molecule has 0 aromatic carbocycles. The minimum absolute atomic E-state index is 0.102. The minimum atomic E-state index is -3.04. The molecule has 1 heterocycles. The zero-order valence-electron chi connectivity index (χ0n) is 7.49. The smallest absolute Gasteiger partial charge is 0.211 e. The van der Waals surface area contributed by atoms with Gasteiger partial charge in [0, 0.05) is 20.2 Å². The Labute approximate surface area is 73.6 Å². The van der Waals surface area contributed by atoms with Crippen LogP contribution in [-0.4, -0.2) is 45.3 Å². The van der Waals surface area contributed by atoms with E-state index in [1.54, 1.807) is 7.05 Å². The number of hydrogen-bond donors (Lipinski definition) is 0. The molecule has 0 aromatic heterocycles. The lowest BCUT2D eigenvalue weighted by Crippen LogP contribution is -2.33. The Morgan fingerprint density at radius 1 is 1.58 bits per heavy atom. The highest BCUT2D eigenvalue weighted by molar-refractivity contribution is 7.88. The van der Waals surface area contributed by atoms with Gasteiger partial charge in [0.2, 0.25) is 10.0 Å². The summed E-state index contributed by atoms with van der Waals surface area (Å²) in [4.78, 5) is 0. The van der Waals surface area contributed by atoms with Gasteiger partial charge in [-0.15, -0.1) is 0 Å². The van der Waals surface area contributed by atoms with Crippen molar-refractivity contribution in [2.75, 3.05) is 26.5 Å². The summed E-state index contributed by atoms with van der Waals surface area (Å²) in [6.07, 6.45) is 3.33. The molecule has 0 aliphatic carbocycles. The van der Waals surface area contributed by atoms with Crippen LogP contribution in [0.2, 0.25) is 0 Å². The van der Waals surface area contributed by atoms with E-state index in [0.717, 1.165) is 19.4 Å². The molecule has 1 fully saturated rings. The first kappa shape index (κ1) is 9.95. The van der Waals surface area contributed by atoms with Crippen LogP contribution in [-0.2, 0) is 14.8 Å². The third-order valence-corrected chi connectivity index (χ3v) is 3.33. The summed E-state index contributed by atoms with van der Waals surface area (Å²) in [6.45, 7) is 1.25. The Balaban J connectivity index is 2.40. The summed E-state index contributed by atoms with van der Waals surface area (Å²) in [6, 6.07) is 0. The molecular formula is C7H15NO3S. The Kier molecular flexibility index (Phi) is 3.09. The van der Waals surface area contributed by atoms with Crippen LogP contribution >= 0.6 is 0 Å². The predicted molar refractivity (Wildman–Crippen MR) is 46.4 cm³/mol. The highest BCUT2D eigenvalue weighted by Crippen LogP contribution is 2.13. The summed E-state index contributed by atoms with van der Waals surface area (Å²) < 4.78 is 28.6. The molecule has 0 radical (unpaired) electrons. The number of hydrogen-bond acceptors (Lipinski definition) is 3. The van der Waals surface area contributed by atoms with Crippen molar-refractivity contribution in [2.45, 2.75) is 18.9 Å². The number of rotatable bonds is 3. The molecule has 1 saturated heterocycles. The molecule has 0 bridgehead atoms. The van der Waals surface area contributed by atoms with Crippen molar-refractivity contribution in [3.05, 3.63) is 0 Å². The molecule has 1 atom stereocenters. The van der Waals surface area contributed by atoms with Gasteiger partial charge in [0.1, 0.15) is 0 Å². The highest BCUT2D eigenvalue weighted by Gasteiger charge is 2.21. The van der Waals surface area contributed by atoms with Gasteiger partial charge >= 0.3 is 0 Å². The van der Waals surface area contributed by atoms with Gasteiger partial charge in [0.15, 0.2) is 0 Å². The van der Waals surface area contributed by atoms with Crippen molar-refractivity contribution in [3.8, 4) is 0 Å². The van der Waals surface area contributed by atoms with Crippen molar-refractivity contribution in [2.24, 2.45) is 0 Å². The fourth-order valence-corrected chi connectivity index (χ4v) is 1.65. The average Bonchev–Trinajstić information content (AvgIpc) is 2.37. The van der Waals surface area contributed by atoms with E-state index in [-0.39, 0.29) is 6.10 Å². The predicted octanol–water partition coefficient (Wildman–Crippen LogP) is 0.0568. The summed E-state index contributed by atoms with van der Waals surface area (Å²) >= 11 is 0. The molecule has 12 heavy (non-hydrogen) atoms. The lowest BCUT2D eigenvalue weighted by Gasteiger charge is -2.17. The summed E-state index contributed by atoms with van der Waals surface area (Å²) in [5.41, 5.74) is 0. The largest absolute Gasteiger partial charge is 0.377 e. The van der Waals surface area contributed by atoms with Crippen molar-refractivity contribution in [1.82, 2.24) is 4.31 Å². The zero-order chi connectivity index (χ0) is 9.19. The molecule has 1 aliphatic heterocycles. The fourth-order valence-electron chi connectivity index (χ4n) is 1.21. The second-order valence-electron chi connectivity index (χ2n) is 3.18. The van der Waals surface area contributed by atoms with Gasteiger partial charge in [-0.3, -0.25) is 0 Å². The monoisotopic (exact) mass is 193 g/mol. The van der Waals surface area contributed by atoms with E-state index in [4.69, 9.17) is 4.74 Å². The van der Waals surface area contributed by atoms with Gasteiger partial charge in [-0.2, -0.15) is 0 Å². The second-order valence-corrected chi connectivity index (χ2v) is 5.27. The van der Waals surface area contributed by atoms with Crippen LogP contribution in [0.25, 0.3) is 0 Å². The molecule has 72 valence electrons. The van der Waals surface area contributed by atoms with Crippen molar-refractivity contribution in [3.63, 3.8) is 0 Å². The zero-order valence-corrected chi connectivity index (χ0v) is 8.30. The number of nitrogens with zero attached hydrogens (tertiary/aromatic N) is 1. The molecule has 0 saturated carbocycles. The Morgan fingerprint density at radius 3 is 2.67 bits per heavy atom. The van der Waals surface area contributed by atoms with Crippen LogP contribution in [0.4, 0.5) is 0 Å². The van der Waals surface area contributed by atoms with E-state index < -0.39 is 10.0 Å². The Morgan fingerprint density at radius 2 is 2.25 bits per heavy atom. The summed E-state index contributed by atoms with van der Waals surface area (Å²) in [7, 11) is -1.46. The normalized spacial score (nSPS) is 25.1. The molecule has 0 amide bonds. The summed E-state index contributed by atoms with van der Waals surface area (Å²) in [5.74, 6) is 0. The third kappa shape index (κ3) is 2.73. The number of likely N-dealkylation sites (N-methyl/N-ethyl adjacent to an activating group) is 1. The molecule has 1 unspecified atom stereocenters. The topological polar surface area (TPSA) is 46.6 Å². The quantitative estimate of drug-likeness (QED) is 0.636. The van der Waals surface area contributed by atoms with E-state index in [2.05, 4.69) is 0 Å². The fraction of sp³-hybridized carbons (Fsp3) is 1.00. The van der Waals surface area contributed by atoms with E-state index in [9.17, 15) is 8.42 Å². The molecule has 1 aliphatic rings. The highest BCUT2D eigenvalue weighted by atomic mass is 32.2. The maximum absolute atomic E-state index is 11.0. The average molecular weight is 193 g/mol. The first-order valence-corrected chi connectivity index (χ1v) is 5.88. The van der Waals surface area contributed by atoms with Crippen LogP contribution in [0.15, 0.2) is 0 Å². The van der Waals surface area contributed by atoms with Crippen LogP contribution in [0.1, 0.15) is 12.8 Å². The van der Waals surface area contributed by atoms with Gasteiger partial charge in [0.25, 0.3) is 0 Å². The first-order valence-electron chi connectivity index (χ1n) is 4.03. The Hall–Kier alpha value is -0.130. The minimum Gasteiger partial charge on any atom is -0.377 e. The molecule has 0 spiro atoms. The molecule has 0 N–H and O–H groups in total. The second kappa shape index (κ2) is 3.72. The lowest BCUT2D eigenvalue weighted by atomic mass is 10.2. The van der Waals surface area contributed by atoms with E-state index >= 15 is 0 Å². The maximum atomic E-state index is 11.0. The Bertz CT molecular complexity index is 231. The van der Waals surface area contributed by atoms with Crippen LogP contribution < -0.4 is 0 Å². The third-order valence-electron chi connectivity index (χ3n) is 2.05. The van der Waals surface area contributed by atoms with Crippen LogP contribution in [0, 0.1) is 0 Å². The van der Waals surface area contributed by atoms with E-state index in [1.165, 1.54) is 10.6 Å². The van der Waals surface area contributed by atoms with E-state index in [1.807, 2.05) is 0 Å². The van der Waals surface area contributed by atoms with Crippen molar-refractivity contribution < 1.29 is 13.2 Å². The van der Waals surface area contributed by atoms with E-state index in [0.29, 0.717) is 6.54 Å². The van der Waals surface area contributed by atoms with Crippen molar-refractivity contribution >= 4 is 10.0 Å².